The molecule has 1 heterocycles. The van der Waals surface area contributed by atoms with Gasteiger partial charge in [0, 0.05) is 30.1 Å². The van der Waals surface area contributed by atoms with E-state index in [1.165, 1.54) is 0 Å². The molecule has 0 radical (unpaired) electrons. The number of ether oxygens (including phenoxy) is 2. The van der Waals surface area contributed by atoms with Crippen LogP contribution in [0.3, 0.4) is 0 Å². The molecule has 0 aliphatic heterocycles. The number of aromatic nitrogens is 1. The van der Waals surface area contributed by atoms with Crippen LogP contribution in [0.4, 0.5) is 0 Å². The number of rotatable bonds is 9. The fraction of sp³-hybridized carbons (Fsp3) is 0.407. The Bertz CT molecular complexity index is 1150. The summed E-state index contributed by atoms with van der Waals surface area (Å²) >= 11 is 5.95. The van der Waals surface area contributed by atoms with Crippen LogP contribution in [-0.2, 0) is 22.5 Å². The number of fused-ring (bicyclic) bond motifs is 1. The maximum Gasteiger partial charge on any atom is 0.305 e. The molecule has 0 saturated heterocycles. The van der Waals surface area contributed by atoms with E-state index in [4.69, 9.17) is 32.0 Å². The zero-order valence-electron chi connectivity index (χ0n) is 21.2. The molecule has 0 unspecified atom stereocenters. The van der Waals surface area contributed by atoms with Gasteiger partial charge in [0.25, 0.3) is 0 Å². The molecule has 7 nitrogen and oxygen atoms in total. The second-order valence-corrected chi connectivity index (χ2v) is 8.79. The average molecular weight is 502 g/mol. The van der Waals surface area contributed by atoms with Gasteiger partial charge in [-0.3, -0.25) is 4.79 Å². The Balaban J connectivity index is 0.000000303. The summed E-state index contributed by atoms with van der Waals surface area (Å²) in [6, 6.07) is 11.6. The van der Waals surface area contributed by atoms with Crippen molar-refractivity contribution in [2.24, 2.45) is 10.9 Å². The third-order valence-electron chi connectivity index (χ3n) is 5.32. The fourth-order valence-corrected chi connectivity index (χ4v) is 4.03. The number of carbonyl (C=O) groups is 1. The molecule has 3 N–H and O–H groups in total. The van der Waals surface area contributed by atoms with E-state index in [-0.39, 0.29) is 17.9 Å². The van der Waals surface area contributed by atoms with Crippen LogP contribution >= 0.6 is 11.6 Å². The number of amidine groups is 1. The van der Waals surface area contributed by atoms with Crippen molar-refractivity contribution in [2.45, 2.75) is 66.5 Å². The normalized spacial score (nSPS) is 11.3. The molecule has 0 saturated carbocycles. The summed E-state index contributed by atoms with van der Waals surface area (Å²) in [7, 11) is 0. The minimum Gasteiger partial charge on any atom is -0.489 e. The number of aryl methyl sites for hydroxylation is 3. The predicted molar refractivity (Wildman–Crippen MR) is 142 cm³/mol. The summed E-state index contributed by atoms with van der Waals surface area (Å²) in [5, 5.41) is 13.7. The number of benzene rings is 2. The van der Waals surface area contributed by atoms with Crippen molar-refractivity contribution in [2.75, 3.05) is 6.61 Å². The number of nitrogens with zero attached hydrogens (tertiary/aromatic N) is 2. The van der Waals surface area contributed by atoms with E-state index in [9.17, 15) is 4.79 Å². The lowest BCUT2D eigenvalue weighted by Gasteiger charge is -2.11. The van der Waals surface area contributed by atoms with Crippen molar-refractivity contribution in [1.29, 1.82) is 0 Å². The maximum atomic E-state index is 11.5. The Hall–Kier alpha value is -3.19. The van der Waals surface area contributed by atoms with Crippen molar-refractivity contribution in [3.63, 3.8) is 0 Å². The Morgan fingerprint density at radius 3 is 2.54 bits per heavy atom. The van der Waals surface area contributed by atoms with Gasteiger partial charge in [0.2, 0.25) is 0 Å². The molecule has 0 bridgehead atoms. The molecule has 0 aliphatic carbocycles. The second-order valence-electron chi connectivity index (χ2n) is 8.38. The lowest BCUT2D eigenvalue weighted by Crippen LogP contribution is -2.14. The van der Waals surface area contributed by atoms with Gasteiger partial charge in [-0.15, -0.1) is 0 Å². The van der Waals surface area contributed by atoms with E-state index < -0.39 is 0 Å². The molecule has 1 aromatic heterocycles. The Kier molecular flexibility index (Phi) is 10.9. The highest BCUT2D eigenvalue weighted by Gasteiger charge is 2.13. The molecule has 0 amide bonds. The van der Waals surface area contributed by atoms with Gasteiger partial charge in [0.15, 0.2) is 5.84 Å². The summed E-state index contributed by atoms with van der Waals surface area (Å²) < 4.78 is 12.6. The van der Waals surface area contributed by atoms with E-state index in [1.807, 2.05) is 63.4 Å². The summed E-state index contributed by atoms with van der Waals surface area (Å²) in [6.45, 7) is 11.1. The third kappa shape index (κ3) is 7.92. The molecule has 35 heavy (non-hydrogen) atoms. The highest BCUT2D eigenvalue weighted by molar-refractivity contribution is 6.32. The molecule has 190 valence electrons. The van der Waals surface area contributed by atoms with Gasteiger partial charge in [0.05, 0.1) is 23.3 Å². The highest BCUT2D eigenvalue weighted by atomic mass is 35.5. The van der Waals surface area contributed by atoms with Crippen molar-refractivity contribution in [3.05, 3.63) is 64.3 Å². The van der Waals surface area contributed by atoms with Gasteiger partial charge in [-0.25, -0.2) is 0 Å². The molecule has 2 aromatic carbocycles. The minimum absolute atomic E-state index is 0.0990. The van der Waals surface area contributed by atoms with E-state index in [2.05, 4.69) is 16.6 Å². The average Bonchev–Trinajstić information content (AvgIpc) is 3.25. The summed E-state index contributed by atoms with van der Waals surface area (Å²) in [5.41, 5.74) is 9.84. The van der Waals surface area contributed by atoms with Crippen LogP contribution in [0.25, 0.3) is 10.9 Å². The van der Waals surface area contributed by atoms with Crippen LogP contribution < -0.4 is 10.5 Å². The van der Waals surface area contributed by atoms with E-state index in [0.29, 0.717) is 23.6 Å². The molecule has 3 aromatic rings. The van der Waals surface area contributed by atoms with Crippen LogP contribution in [0.1, 0.15) is 57.2 Å². The SMILES string of the molecule is CCOC(=O)CCCc1ccc(/C(N)=N/O)c2ccn(CC)c12.Cc1ccc(OC(C)C)c(Cl)c1. The van der Waals surface area contributed by atoms with Crippen molar-refractivity contribution >= 4 is 34.3 Å². The number of halogens is 1. The van der Waals surface area contributed by atoms with Crippen LogP contribution in [-0.4, -0.2) is 34.3 Å². The van der Waals surface area contributed by atoms with Gasteiger partial charge in [-0.05, 0) is 76.8 Å². The molecule has 0 atom stereocenters. The Morgan fingerprint density at radius 1 is 1.20 bits per heavy atom. The molecular weight excluding hydrogens is 466 g/mol. The first-order valence-electron chi connectivity index (χ1n) is 11.9. The Labute approximate surface area is 212 Å². The van der Waals surface area contributed by atoms with Gasteiger partial charge in [-0.1, -0.05) is 35.0 Å². The van der Waals surface area contributed by atoms with Crippen LogP contribution in [0.5, 0.6) is 5.75 Å². The predicted octanol–water partition coefficient (Wildman–Crippen LogP) is 6.08. The molecule has 0 aliphatic rings. The van der Waals surface area contributed by atoms with E-state index in [1.54, 1.807) is 6.92 Å². The van der Waals surface area contributed by atoms with Crippen LogP contribution in [0.15, 0.2) is 47.8 Å². The zero-order chi connectivity index (χ0) is 26.0. The van der Waals surface area contributed by atoms with E-state index in [0.717, 1.165) is 47.2 Å². The zero-order valence-corrected chi connectivity index (χ0v) is 21.9. The monoisotopic (exact) mass is 501 g/mol. The number of nitrogens with two attached hydrogens (primary N) is 1. The van der Waals surface area contributed by atoms with Gasteiger partial charge in [0.1, 0.15) is 5.75 Å². The summed E-state index contributed by atoms with van der Waals surface area (Å²) in [5.74, 6) is 0.696. The lowest BCUT2D eigenvalue weighted by molar-refractivity contribution is -0.143. The quantitative estimate of drug-likeness (QED) is 0.122. The van der Waals surface area contributed by atoms with Crippen LogP contribution in [0.2, 0.25) is 5.02 Å². The number of hydrogen-bond donors (Lipinski definition) is 2. The molecule has 0 fully saturated rings. The number of hydrogen-bond acceptors (Lipinski definition) is 5. The number of carbonyl (C=O) groups excluding carboxylic acids is 1. The van der Waals surface area contributed by atoms with Crippen molar-refractivity contribution in [3.8, 4) is 5.75 Å². The molecule has 0 spiro atoms. The van der Waals surface area contributed by atoms with Crippen LogP contribution in [0, 0.1) is 6.92 Å². The standard InChI is InChI=1S/C17H23N3O3.C10H13ClO/c1-3-20-11-10-13-14(17(18)19-22)9-8-12(16(13)20)6-5-7-15(21)23-4-2;1-7(2)12-10-5-4-8(3)6-9(10)11/h8-11,22H,3-7H2,1-2H3,(H2,18,19);4-7H,1-3H3. The third-order valence-corrected chi connectivity index (χ3v) is 5.61. The first-order chi connectivity index (χ1) is 16.7. The van der Waals surface area contributed by atoms with E-state index >= 15 is 0 Å². The maximum absolute atomic E-state index is 11.5. The number of oxime groups is 1. The minimum atomic E-state index is -0.164. The van der Waals surface area contributed by atoms with Crippen molar-refractivity contribution in [1.82, 2.24) is 4.57 Å². The largest absolute Gasteiger partial charge is 0.489 e. The van der Waals surface area contributed by atoms with Gasteiger partial charge < -0.3 is 25.0 Å². The first-order valence-corrected chi connectivity index (χ1v) is 12.3. The smallest absolute Gasteiger partial charge is 0.305 e. The highest BCUT2D eigenvalue weighted by Crippen LogP contribution is 2.27. The molecule has 8 heteroatoms. The molecular formula is C27H36ClN3O4. The van der Waals surface area contributed by atoms with Gasteiger partial charge in [-0.2, -0.15) is 0 Å². The molecule has 3 rings (SSSR count). The number of esters is 1. The summed E-state index contributed by atoms with van der Waals surface area (Å²) in [6.07, 6.45) is 4.07. The second kappa shape index (κ2) is 13.6. The van der Waals surface area contributed by atoms with Gasteiger partial charge >= 0.3 is 5.97 Å². The van der Waals surface area contributed by atoms with Crippen molar-refractivity contribution < 1.29 is 19.5 Å². The summed E-state index contributed by atoms with van der Waals surface area (Å²) in [4.78, 5) is 11.5. The lowest BCUT2D eigenvalue weighted by atomic mass is 10.0. The first kappa shape index (κ1) is 28.1. The fourth-order valence-electron chi connectivity index (χ4n) is 3.75. The Morgan fingerprint density at radius 2 is 1.94 bits per heavy atom. The topological polar surface area (TPSA) is 99.1 Å².